The summed E-state index contributed by atoms with van der Waals surface area (Å²) in [5.41, 5.74) is 4.31. The number of β-lactam (4-membered cyclic amide) rings is 1. The number of amides is 2. The molecule has 10 nitrogen and oxygen atoms in total. The van der Waals surface area contributed by atoms with E-state index in [4.69, 9.17) is 0 Å². The topological polar surface area (TPSA) is 157 Å². The molecule has 2 unspecified atom stereocenters. The number of nitrogens with zero attached hydrogens (tertiary/aromatic N) is 2. The van der Waals surface area contributed by atoms with Crippen LogP contribution >= 0.6 is 31.1 Å². The molecule has 3 aliphatic rings. The Morgan fingerprint density at radius 1 is 1.38 bits per heavy atom. The average Bonchev–Trinajstić information content (AvgIpc) is 3.17. The smallest absolute Gasteiger partial charge is 0.806 e. The van der Waals surface area contributed by atoms with Crippen molar-refractivity contribution < 1.29 is 88.2 Å². The Balaban J connectivity index is 0.00000181. The number of carbonyl (C=O) groups is 2. The van der Waals surface area contributed by atoms with Gasteiger partial charge in [0.2, 0.25) is 0 Å². The number of fused-ring (bicyclic) bond motifs is 1. The normalized spacial score (nSPS) is 27.4. The first-order chi connectivity index (χ1) is 14.1. The van der Waals surface area contributed by atoms with E-state index in [1.54, 1.807) is 37.3 Å². The van der Waals surface area contributed by atoms with E-state index in [9.17, 15) is 29.0 Å². The summed E-state index contributed by atoms with van der Waals surface area (Å²) < 4.78 is 12.1. The molecule has 0 radical (unpaired) electrons. The quantitative estimate of drug-likeness (QED) is 0.197. The summed E-state index contributed by atoms with van der Waals surface area (Å²) in [5.74, 6) is -1.34. The second-order valence-corrected chi connectivity index (χ2v) is 10.8. The van der Waals surface area contributed by atoms with Crippen LogP contribution in [0.2, 0.25) is 0 Å². The Morgan fingerprint density at radius 3 is 2.59 bits per heavy atom. The van der Waals surface area contributed by atoms with Gasteiger partial charge < -0.3 is 24.8 Å². The number of carbonyl (C=O) groups excluding carboxylic acids is 2. The second kappa shape index (κ2) is 10.8. The van der Waals surface area contributed by atoms with Crippen molar-refractivity contribution in [3.8, 4) is 0 Å². The van der Waals surface area contributed by atoms with Crippen LogP contribution in [0.1, 0.15) is 18.6 Å². The van der Waals surface area contributed by atoms with Crippen LogP contribution in [0.25, 0.3) is 0 Å². The molecule has 32 heavy (non-hydrogen) atoms. The molecule has 1 fully saturated rings. The van der Waals surface area contributed by atoms with Crippen molar-refractivity contribution in [2.75, 3.05) is 5.75 Å². The van der Waals surface area contributed by atoms with Gasteiger partial charge in [-0.3, -0.25) is 19.9 Å². The van der Waals surface area contributed by atoms with E-state index < -0.39 is 47.2 Å². The fraction of sp³-hybridized carbons (Fsp3) is 0.353. The summed E-state index contributed by atoms with van der Waals surface area (Å²) in [4.78, 5) is 49.2. The zero-order chi connectivity index (χ0) is 21.7. The van der Waals surface area contributed by atoms with Gasteiger partial charge in [0.25, 0.3) is 11.8 Å². The van der Waals surface area contributed by atoms with Crippen molar-refractivity contribution >= 4 is 48.5 Å². The van der Waals surface area contributed by atoms with Gasteiger partial charge in [0, 0.05) is 11.3 Å². The van der Waals surface area contributed by atoms with Crippen molar-refractivity contribution in [3.05, 3.63) is 46.9 Å². The SMILES string of the molecule is CC1(C2=C(P(=O)([O-])[O-])N3C(=O)[C@@H](NC(=O)C(O)c4ccccc4)[C@H]3SC2)NN=CS1.[Na+].[Na+]. The van der Waals surface area contributed by atoms with E-state index in [0.29, 0.717) is 5.56 Å². The molecule has 3 N–H and O–H groups in total. The number of aliphatic hydroxyl groups is 1. The molecular weight excluding hydrogens is 497 g/mol. The number of hydrogen-bond donors (Lipinski definition) is 3. The molecular formula is C17H17N4Na2O6PS2. The maximum Gasteiger partial charge on any atom is 1.00 e. The van der Waals surface area contributed by atoms with E-state index in [1.807, 2.05) is 0 Å². The number of hydrogen-bond acceptors (Lipinski definition) is 10. The predicted octanol–water partition coefficient (Wildman–Crippen LogP) is -6.75. The number of rotatable bonds is 5. The van der Waals surface area contributed by atoms with Gasteiger partial charge in [0.1, 0.15) is 16.3 Å². The zero-order valence-corrected chi connectivity index (χ0v) is 24.1. The minimum atomic E-state index is -5.30. The van der Waals surface area contributed by atoms with E-state index in [-0.39, 0.29) is 70.4 Å². The van der Waals surface area contributed by atoms with Gasteiger partial charge in [0.05, 0.1) is 11.0 Å². The minimum Gasteiger partial charge on any atom is -0.806 e. The molecule has 0 aliphatic carbocycles. The van der Waals surface area contributed by atoms with Gasteiger partial charge in [-0.15, -0.1) is 11.8 Å². The van der Waals surface area contributed by atoms with Crippen molar-refractivity contribution in [3.63, 3.8) is 0 Å². The van der Waals surface area contributed by atoms with E-state index in [0.717, 1.165) is 4.90 Å². The first-order valence-corrected chi connectivity index (χ1v) is 12.3. The van der Waals surface area contributed by atoms with Crippen LogP contribution in [0.5, 0.6) is 0 Å². The molecule has 1 aromatic carbocycles. The molecule has 1 aromatic rings. The molecule has 0 aromatic heterocycles. The summed E-state index contributed by atoms with van der Waals surface area (Å²) in [7, 11) is -5.30. The summed E-state index contributed by atoms with van der Waals surface area (Å²) in [6.45, 7) is 1.68. The van der Waals surface area contributed by atoms with Crippen LogP contribution in [-0.2, 0) is 14.2 Å². The van der Waals surface area contributed by atoms with Crippen LogP contribution in [0.15, 0.2) is 46.4 Å². The standard InChI is InChI=1S/C17H19N4O6PS2.2Na/c1-17(20-18-8-30-17)10-7-29-16-11(14(24)21(16)15(10)28(25,26)27)19-13(23)12(22)9-5-3-2-4-6-9;;/h2-6,8,11-12,16,20,22H,7H2,1H3,(H,19,23)(H2,25,26,27);;/q;2*+1/p-2/t11-,12?,16-,17?;;/m1../s1. The second-order valence-electron chi connectivity index (χ2n) is 7.01. The van der Waals surface area contributed by atoms with Crippen molar-refractivity contribution in [1.29, 1.82) is 0 Å². The van der Waals surface area contributed by atoms with Gasteiger partial charge >= 0.3 is 59.1 Å². The molecule has 160 valence electrons. The maximum absolute atomic E-state index is 12.7. The molecule has 4 rings (SSSR count). The third-order valence-electron chi connectivity index (χ3n) is 5.06. The molecule has 4 atom stereocenters. The Hall–Kier alpha value is 0.180. The predicted molar refractivity (Wildman–Crippen MR) is 109 cm³/mol. The van der Waals surface area contributed by atoms with Gasteiger partial charge in [-0.05, 0) is 20.1 Å². The minimum absolute atomic E-state index is 0. The van der Waals surface area contributed by atoms with Crippen molar-refractivity contribution in [2.24, 2.45) is 5.10 Å². The van der Waals surface area contributed by atoms with Crippen molar-refractivity contribution in [2.45, 2.75) is 29.3 Å². The Kier molecular flexibility index (Phi) is 9.63. The summed E-state index contributed by atoms with van der Waals surface area (Å²) >= 11 is 2.43. The average molecular weight is 514 g/mol. The number of aliphatic hydroxyl groups excluding tert-OH is 1. The molecule has 3 aliphatic heterocycles. The molecule has 1 saturated heterocycles. The van der Waals surface area contributed by atoms with E-state index in [1.165, 1.54) is 29.1 Å². The third-order valence-corrected chi connectivity index (χ3v) is 8.36. The maximum atomic E-state index is 12.7. The van der Waals surface area contributed by atoms with Gasteiger partial charge in [0.15, 0.2) is 6.10 Å². The van der Waals surface area contributed by atoms with Gasteiger partial charge in [-0.1, -0.05) is 42.1 Å². The van der Waals surface area contributed by atoms with Gasteiger partial charge in [-0.25, -0.2) is 0 Å². The molecule has 0 spiro atoms. The number of benzene rings is 1. The summed E-state index contributed by atoms with van der Waals surface area (Å²) in [6, 6.07) is 7.16. The van der Waals surface area contributed by atoms with E-state index >= 15 is 0 Å². The Bertz CT molecular complexity index is 1000. The summed E-state index contributed by atoms with van der Waals surface area (Å²) in [5, 5.41) is 15.8. The largest absolute Gasteiger partial charge is 1.00 e. The van der Waals surface area contributed by atoms with Crippen LogP contribution in [-0.4, -0.2) is 49.4 Å². The van der Waals surface area contributed by atoms with Crippen LogP contribution < -0.4 is 79.6 Å². The Labute approximate surface area is 237 Å². The molecule has 0 bridgehead atoms. The fourth-order valence-corrected chi connectivity index (χ4v) is 7.19. The van der Waals surface area contributed by atoms with Crippen LogP contribution in [0.3, 0.4) is 0 Å². The number of nitrogens with one attached hydrogen (secondary N) is 2. The molecule has 3 heterocycles. The van der Waals surface area contributed by atoms with E-state index in [2.05, 4.69) is 15.8 Å². The van der Waals surface area contributed by atoms with Crippen LogP contribution in [0.4, 0.5) is 0 Å². The number of thioether (sulfide) groups is 2. The summed E-state index contributed by atoms with van der Waals surface area (Å²) in [6.07, 6.45) is -1.48. The first-order valence-electron chi connectivity index (χ1n) is 8.84. The Morgan fingerprint density at radius 2 is 2.03 bits per heavy atom. The first kappa shape index (κ1) is 28.4. The monoisotopic (exact) mass is 514 g/mol. The fourth-order valence-electron chi connectivity index (χ4n) is 3.48. The molecule has 2 amide bonds. The van der Waals surface area contributed by atoms with Gasteiger partial charge in [-0.2, -0.15) is 5.10 Å². The van der Waals surface area contributed by atoms with Crippen LogP contribution in [0, 0.1) is 0 Å². The number of hydrazone groups is 1. The molecule has 15 heteroatoms. The molecule has 0 saturated carbocycles. The third kappa shape index (κ3) is 5.22. The van der Waals surface area contributed by atoms with Crippen molar-refractivity contribution in [1.82, 2.24) is 15.6 Å². The zero-order valence-electron chi connectivity index (χ0n) is 17.5.